The molecule has 9 heteroatoms. The van der Waals surface area contributed by atoms with Crippen LogP contribution in [0.15, 0.2) is 14.7 Å². The second-order valence-electron chi connectivity index (χ2n) is 3.37. The lowest BCUT2D eigenvalue weighted by atomic mass is 10.5. The van der Waals surface area contributed by atoms with Crippen LogP contribution in [-0.2, 0) is 14.8 Å². The van der Waals surface area contributed by atoms with Gasteiger partial charge in [-0.05, 0) is 22.0 Å². The van der Waals surface area contributed by atoms with Gasteiger partial charge in [0.2, 0.25) is 10.0 Å². The van der Waals surface area contributed by atoms with Crippen LogP contribution in [0.5, 0.6) is 0 Å². The lowest BCUT2D eigenvalue weighted by molar-refractivity contribution is 0.0702. The van der Waals surface area contributed by atoms with Gasteiger partial charge in [0, 0.05) is 20.7 Å². The molecule has 0 saturated heterocycles. The molecule has 1 N–H and O–H groups in total. The Kier molecular flexibility index (Phi) is 5.29. The predicted octanol–water partition coefficient (Wildman–Crippen LogP) is 1.48. The van der Waals surface area contributed by atoms with Crippen molar-refractivity contribution in [3.05, 3.63) is 14.7 Å². The van der Waals surface area contributed by atoms with Crippen LogP contribution in [0.1, 0.15) is 9.67 Å². The van der Waals surface area contributed by atoms with E-state index in [4.69, 9.17) is 9.84 Å². The third-order valence-corrected chi connectivity index (χ3v) is 6.26. The zero-order valence-corrected chi connectivity index (χ0v) is 12.9. The highest BCUT2D eigenvalue weighted by atomic mass is 79.9. The van der Waals surface area contributed by atoms with Crippen LogP contribution in [0.2, 0.25) is 0 Å². The van der Waals surface area contributed by atoms with Crippen molar-refractivity contribution in [2.24, 2.45) is 0 Å². The maximum Gasteiger partial charge on any atom is 0.345 e. The molecule has 18 heavy (non-hydrogen) atoms. The highest BCUT2D eigenvalue weighted by Crippen LogP contribution is 2.33. The minimum Gasteiger partial charge on any atom is -0.477 e. The van der Waals surface area contributed by atoms with Crippen molar-refractivity contribution in [1.29, 1.82) is 0 Å². The van der Waals surface area contributed by atoms with Gasteiger partial charge in [-0.25, -0.2) is 13.2 Å². The number of sulfonamides is 1. The average molecular weight is 358 g/mol. The zero-order valence-electron chi connectivity index (χ0n) is 9.71. The average Bonchev–Trinajstić information content (AvgIpc) is 2.68. The number of methoxy groups -OCH3 is 1. The number of aromatic carboxylic acids is 1. The van der Waals surface area contributed by atoms with Crippen LogP contribution >= 0.6 is 27.3 Å². The molecule has 0 radical (unpaired) electrons. The summed E-state index contributed by atoms with van der Waals surface area (Å²) in [4.78, 5) is 10.7. The number of ether oxygens (including phenoxy) is 1. The van der Waals surface area contributed by atoms with E-state index in [1.165, 1.54) is 14.2 Å². The molecule has 0 aliphatic rings. The molecule has 6 nitrogen and oxygen atoms in total. The first-order valence-corrected chi connectivity index (χ1v) is 7.83. The van der Waals surface area contributed by atoms with Crippen molar-refractivity contribution in [3.8, 4) is 0 Å². The topological polar surface area (TPSA) is 83.9 Å². The molecule has 0 fully saturated rings. The summed E-state index contributed by atoms with van der Waals surface area (Å²) < 4.78 is 30.5. The van der Waals surface area contributed by atoms with E-state index in [-0.39, 0.29) is 26.7 Å². The number of thiophene rings is 1. The second kappa shape index (κ2) is 6.11. The highest BCUT2D eigenvalue weighted by molar-refractivity contribution is 9.11. The highest BCUT2D eigenvalue weighted by Gasteiger charge is 2.26. The minimum atomic E-state index is -3.70. The van der Waals surface area contributed by atoms with Crippen molar-refractivity contribution in [1.82, 2.24) is 4.31 Å². The lowest BCUT2D eigenvalue weighted by Gasteiger charge is -2.15. The van der Waals surface area contributed by atoms with Gasteiger partial charge in [0.15, 0.2) is 0 Å². The number of halogens is 1. The molecule has 1 aromatic heterocycles. The first kappa shape index (κ1) is 15.6. The fourth-order valence-electron chi connectivity index (χ4n) is 1.14. The number of hydrogen-bond donors (Lipinski definition) is 1. The first-order valence-electron chi connectivity index (χ1n) is 4.78. The Morgan fingerprint density at radius 2 is 2.22 bits per heavy atom. The molecular weight excluding hydrogens is 346 g/mol. The zero-order chi connectivity index (χ0) is 13.9. The Morgan fingerprint density at radius 1 is 1.61 bits per heavy atom. The second-order valence-corrected chi connectivity index (χ2v) is 7.76. The van der Waals surface area contributed by atoms with Crippen molar-refractivity contribution < 1.29 is 23.1 Å². The van der Waals surface area contributed by atoms with Crippen LogP contribution in [0, 0.1) is 0 Å². The molecule has 0 aliphatic carbocycles. The summed E-state index contributed by atoms with van der Waals surface area (Å²) in [6, 6.07) is 1.15. The monoisotopic (exact) mass is 357 g/mol. The van der Waals surface area contributed by atoms with Crippen molar-refractivity contribution >= 4 is 43.3 Å². The van der Waals surface area contributed by atoms with E-state index >= 15 is 0 Å². The number of carbonyl (C=O) groups is 1. The van der Waals surface area contributed by atoms with Gasteiger partial charge in [-0.2, -0.15) is 4.31 Å². The van der Waals surface area contributed by atoms with E-state index < -0.39 is 16.0 Å². The normalized spacial score (nSPS) is 12.0. The Hall–Kier alpha value is -0.480. The van der Waals surface area contributed by atoms with E-state index in [2.05, 4.69) is 15.9 Å². The lowest BCUT2D eigenvalue weighted by Crippen LogP contribution is -2.30. The van der Waals surface area contributed by atoms with Gasteiger partial charge in [0.25, 0.3) is 0 Å². The molecule has 0 saturated carbocycles. The molecule has 1 aromatic rings. The molecule has 0 amide bonds. The summed E-state index contributed by atoms with van der Waals surface area (Å²) in [5.74, 6) is -1.15. The van der Waals surface area contributed by atoms with Gasteiger partial charge in [0.1, 0.15) is 9.77 Å². The van der Waals surface area contributed by atoms with Gasteiger partial charge in [-0.3, -0.25) is 0 Å². The van der Waals surface area contributed by atoms with Gasteiger partial charge >= 0.3 is 5.97 Å². The fourth-order valence-corrected chi connectivity index (χ4v) is 4.65. The maximum absolute atomic E-state index is 12.1. The molecule has 1 rings (SSSR count). The number of nitrogens with zero attached hydrogens (tertiary/aromatic N) is 1. The third kappa shape index (κ3) is 3.29. The summed E-state index contributed by atoms with van der Waals surface area (Å²) in [6.45, 7) is 0.465. The summed E-state index contributed by atoms with van der Waals surface area (Å²) in [5.41, 5.74) is 0. The Morgan fingerprint density at radius 3 is 2.67 bits per heavy atom. The first-order chi connectivity index (χ1) is 8.30. The van der Waals surface area contributed by atoms with Crippen LogP contribution in [0.3, 0.4) is 0 Å². The summed E-state index contributed by atoms with van der Waals surface area (Å²) >= 11 is 3.95. The molecule has 0 aromatic carbocycles. The van der Waals surface area contributed by atoms with Crippen LogP contribution in [0.25, 0.3) is 0 Å². The SMILES string of the molecule is COCCN(C)S(=O)(=O)c1cc(C(=O)O)sc1Br. The van der Waals surface area contributed by atoms with Crippen molar-refractivity contribution in [2.45, 2.75) is 4.90 Å². The Bertz CT molecular complexity index is 539. The summed E-state index contributed by atoms with van der Waals surface area (Å²) in [5, 5.41) is 8.83. The van der Waals surface area contributed by atoms with Gasteiger partial charge in [-0.1, -0.05) is 0 Å². The largest absolute Gasteiger partial charge is 0.477 e. The number of hydrogen-bond acceptors (Lipinski definition) is 5. The molecular formula is C9H12BrNO5S2. The van der Waals surface area contributed by atoms with E-state index in [1.54, 1.807) is 0 Å². The Balaban J connectivity index is 3.08. The van der Waals surface area contributed by atoms with E-state index in [0.29, 0.717) is 0 Å². The molecule has 0 atom stereocenters. The van der Waals surface area contributed by atoms with Gasteiger partial charge in [-0.15, -0.1) is 11.3 Å². The van der Waals surface area contributed by atoms with Crippen molar-refractivity contribution in [2.75, 3.05) is 27.3 Å². The number of rotatable bonds is 6. The maximum atomic E-state index is 12.1. The molecule has 0 bridgehead atoms. The van der Waals surface area contributed by atoms with Gasteiger partial charge < -0.3 is 9.84 Å². The molecule has 1 heterocycles. The third-order valence-electron chi connectivity index (χ3n) is 2.16. The fraction of sp³-hybridized carbons (Fsp3) is 0.444. The van der Waals surface area contributed by atoms with Gasteiger partial charge in [0.05, 0.1) is 10.4 Å². The quantitative estimate of drug-likeness (QED) is 0.833. The van der Waals surface area contributed by atoms with Crippen LogP contribution in [0.4, 0.5) is 0 Å². The Labute approximate surface area is 117 Å². The smallest absolute Gasteiger partial charge is 0.345 e. The van der Waals surface area contributed by atoms with E-state index in [1.807, 2.05) is 0 Å². The number of carboxylic acid groups (broad SMARTS) is 1. The van der Waals surface area contributed by atoms with Crippen molar-refractivity contribution in [3.63, 3.8) is 0 Å². The van der Waals surface area contributed by atoms with Crippen LogP contribution < -0.4 is 0 Å². The molecule has 102 valence electrons. The number of carboxylic acids is 1. The molecule has 0 aliphatic heterocycles. The minimum absolute atomic E-state index is 0.0272. The summed E-state index contributed by atoms with van der Waals surface area (Å²) in [6.07, 6.45) is 0. The number of likely N-dealkylation sites (N-methyl/N-ethyl adjacent to an activating group) is 1. The van der Waals surface area contributed by atoms with Crippen LogP contribution in [-0.4, -0.2) is 51.1 Å². The van der Waals surface area contributed by atoms with E-state index in [9.17, 15) is 13.2 Å². The molecule has 0 unspecified atom stereocenters. The van der Waals surface area contributed by atoms with E-state index in [0.717, 1.165) is 21.7 Å². The summed E-state index contributed by atoms with van der Waals surface area (Å²) in [7, 11) is -0.810. The molecule has 0 spiro atoms. The predicted molar refractivity (Wildman–Crippen MR) is 70.7 cm³/mol. The standard InChI is InChI=1S/C9H12BrNO5S2/c1-11(3-4-16-2)18(14,15)7-5-6(9(12)13)17-8(7)10/h5H,3-4H2,1-2H3,(H,12,13).